The highest BCUT2D eigenvalue weighted by Crippen LogP contribution is 2.35. The molecule has 9 heteroatoms. The van der Waals surface area contributed by atoms with Gasteiger partial charge in [0.15, 0.2) is 0 Å². The van der Waals surface area contributed by atoms with Crippen LogP contribution < -0.4 is 14.5 Å². The lowest BCUT2D eigenvalue weighted by Crippen LogP contribution is -2.30. The monoisotopic (exact) mass is 342 g/mol. The van der Waals surface area contributed by atoms with Gasteiger partial charge in [0, 0.05) is 13.1 Å². The summed E-state index contributed by atoms with van der Waals surface area (Å²) in [7, 11) is -1.59. The fourth-order valence-electron chi connectivity index (χ4n) is 2.53. The molecule has 0 aromatic heterocycles. The first-order valence-electron chi connectivity index (χ1n) is 7.14. The minimum absolute atomic E-state index is 0.189. The van der Waals surface area contributed by atoms with Gasteiger partial charge in [-0.3, -0.25) is 9.08 Å². The van der Waals surface area contributed by atoms with Gasteiger partial charge in [-0.1, -0.05) is 0 Å². The third kappa shape index (κ3) is 3.50. The molecule has 1 atom stereocenters. The summed E-state index contributed by atoms with van der Waals surface area (Å²) in [5.74, 6) is 0.708. The second kappa shape index (κ2) is 5.89. The molecule has 0 spiro atoms. The molecule has 1 amide bonds. The smallest absolute Gasteiger partial charge is 0.414 e. The van der Waals surface area contributed by atoms with Crippen molar-refractivity contribution in [2.24, 2.45) is 0 Å². The number of fused-ring (bicyclic) bond motifs is 1. The quantitative estimate of drug-likeness (QED) is 0.749. The number of hydrogen-bond acceptors (Lipinski definition) is 7. The number of carbonyl (C=O) groups excluding carboxylic acids is 1. The third-order valence-corrected chi connectivity index (χ3v) is 4.26. The molecule has 1 aromatic carbocycles. The third-order valence-electron chi connectivity index (χ3n) is 3.69. The number of ether oxygens (including phenoxy) is 2. The lowest BCUT2D eigenvalue weighted by Gasteiger charge is -2.28. The van der Waals surface area contributed by atoms with Crippen molar-refractivity contribution in [3.8, 4) is 5.75 Å². The Hall–Kier alpha value is -2.00. The van der Waals surface area contributed by atoms with E-state index >= 15 is 0 Å². The lowest BCUT2D eigenvalue weighted by molar-refractivity contribution is 0.107. The van der Waals surface area contributed by atoms with Gasteiger partial charge in [-0.25, -0.2) is 4.79 Å². The van der Waals surface area contributed by atoms with Crippen LogP contribution in [0.5, 0.6) is 5.75 Å². The summed E-state index contributed by atoms with van der Waals surface area (Å²) in [6, 6.07) is 5.48. The number of rotatable bonds is 4. The van der Waals surface area contributed by atoms with E-state index in [4.69, 9.17) is 9.47 Å². The van der Waals surface area contributed by atoms with Crippen molar-refractivity contribution >= 4 is 27.6 Å². The average molecular weight is 342 g/mol. The van der Waals surface area contributed by atoms with E-state index < -0.39 is 22.3 Å². The molecule has 23 heavy (non-hydrogen) atoms. The van der Waals surface area contributed by atoms with Gasteiger partial charge in [0.2, 0.25) is 0 Å². The summed E-state index contributed by atoms with van der Waals surface area (Å²) in [5.41, 5.74) is 1.61. The van der Waals surface area contributed by atoms with E-state index in [1.807, 2.05) is 19.2 Å². The minimum Gasteiger partial charge on any atom is -0.489 e. The molecule has 2 heterocycles. The molecule has 0 bridgehead atoms. The van der Waals surface area contributed by atoms with Gasteiger partial charge in [0.1, 0.15) is 25.1 Å². The van der Waals surface area contributed by atoms with Crippen LogP contribution in [0.1, 0.15) is 0 Å². The first kappa shape index (κ1) is 15.9. The Balaban J connectivity index is 1.73. The molecule has 2 aliphatic rings. The van der Waals surface area contributed by atoms with Gasteiger partial charge < -0.3 is 14.4 Å². The molecule has 3 rings (SSSR count). The number of likely N-dealkylation sites (N-methyl/N-ethyl adjacent to an activating group) is 1. The van der Waals surface area contributed by atoms with E-state index in [0.29, 0.717) is 18.0 Å². The van der Waals surface area contributed by atoms with Crippen LogP contribution in [0.2, 0.25) is 0 Å². The molecular formula is C14H18N2O6S. The van der Waals surface area contributed by atoms with Gasteiger partial charge in [-0.05, 0) is 12.1 Å². The maximum Gasteiger partial charge on any atom is 0.414 e. The molecule has 8 nitrogen and oxygen atoms in total. The first-order valence-corrected chi connectivity index (χ1v) is 8.96. The Morgan fingerprint density at radius 3 is 2.91 bits per heavy atom. The van der Waals surface area contributed by atoms with Crippen molar-refractivity contribution < 1.29 is 26.9 Å². The Morgan fingerprint density at radius 1 is 1.39 bits per heavy atom. The highest BCUT2D eigenvalue weighted by Gasteiger charge is 2.34. The molecule has 0 N–H and O–H groups in total. The van der Waals surface area contributed by atoms with Crippen molar-refractivity contribution in [2.75, 3.05) is 49.4 Å². The standard InChI is InChI=1S/C14H18N2O6S/c1-15-5-6-20-13-7-10(3-4-12(13)15)16-8-11(22-14(16)17)9-21-23(2,18)19/h3-4,7,11H,5-6,8-9H2,1-2H3/t11-/m1/s1. The molecule has 1 fully saturated rings. The normalized spacial score (nSPS) is 21.0. The number of benzene rings is 1. The van der Waals surface area contributed by atoms with E-state index in [0.717, 1.165) is 18.5 Å². The molecule has 1 aromatic rings. The molecule has 0 aliphatic carbocycles. The molecule has 0 unspecified atom stereocenters. The fourth-order valence-corrected chi connectivity index (χ4v) is 2.93. The fraction of sp³-hybridized carbons (Fsp3) is 0.500. The van der Waals surface area contributed by atoms with Crippen LogP contribution in [-0.2, 0) is 19.0 Å². The van der Waals surface area contributed by atoms with Gasteiger partial charge in [-0.15, -0.1) is 0 Å². The molecule has 0 radical (unpaired) electrons. The summed E-state index contributed by atoms with van der Waals surface area (Å²) in [6.07, 6.45) is -0.202. The van der Waals surface area contributed by atoms with E-state index in [1.165, 1.54) is 4.90 Å². The number of cyclic esters (lactones) is 1. The SMILES string of the molecule is CN1CCOc2cc(N3C[C@H](COS(C)(=O)=O)OC3=O)ccc21. The van der Waals surface area contributed by atoms with Gasteiger partial charge in [0.05, 0.1) is 30.7 Å². The van der Waals surface area contributed by atoms with Crippen LogP contribution in [0.3, 0.4) is 0 Å². The van der Waals surface area contributed by atoms with Crippen molar-refractivity contribution in [1.82, 2.24) is 0 Å². The molecule has 1 saturated heterocycles. The Bertz CT molecular complexity index is 720. The van der Waals surface area contributed by atoms with Gasteiger partial charge in [0.25, 0.3) is 10.1 Å². The van der Waals surface area contributed by atoms with Crippen molar-refractivity contribution in [1.29, 1.82) is 0 Å². The zero-order valence-electron chi connectivity index (χ0n) is 12.9. The second-order valence-corrected chi connectivity index (χ2v) is 7.17. The van der Waals surface area contributed by atoms with Crippen LogP contribution in [0.25, 0.3) is 0 Å². The van der Waals surface area contributed by atoms with Crippen LogP contribution in [0, 0.1) is 0 Å². The van der Waals surface area contributed by atoms with Crippen LogP contribution in [0.15, 0.2) is 18.2 Å². The van der Waals surface area contributed by atoms with E-state index in [1.54, 1.807) is 6.07 Å². The molecule has 2 aliphatic heterocycles. The summed E-state index contributed by atoms with van der Waals surface area (Å²) in [4.78, 5) is 15.5. The molecular weight excluding hydrogens is 324 g/mol. The van der Waals surface area contributed by atoms with Crippen molar-refractivity contribution in [3.63, 3.8) is 0 Å². The highest BCUT2D eigenvalue weighted by atomic mass is 32.2. The first-order chi connectivity index (χ1) is 10.8. The lowest BCUT2D eigenvalue weighted by atomic mass is 10.2. The summed E-state index contributed by atoms with van der Waals surface area (Å²) < 4.78 is 37.5. The van der Waals surface area contributed by atoms with Gasteiger partial charge >= 0.3 is 6.09 Å². The van der Waals surface area contributed by atoms with Crippen LogP contribution in [0.4, 0.5) is 16.2 Å². The Kier molecular flexibility index (Phi) is 4.07. The van der Waals surface area contributed by atoms with E-state index in [-0.39, 0.29) is 13.2 Å². The largest absolute Gasteiger partial charge is 0.489 e. The van der Waals surface area contributed by atoms with Crippen molar-refractivity contribution in [3.05, 3.63) is 18.2 Å². The molecule has 126 valence electrons. The molecule has 0 saturated carbocycles. The average Bonchev–Trinajstić information content (AvgIpc) is 2.85. The van der Waals surface area contributed by atoms with E-state index in [9.17, 15) is 13.2 Å². The number of carbonyl (C=O) groups is 1. The minimum atomic E-state index is -3.56. The number of hydrogen-bond donors (Lipinski definition) is 0. The maximum atomic E-state index is 12.0. The number of amides is 1. The summed E-state index contributed by atoms with van der Waals surface area (Å²) >= 11 is 0. The van der Waals surface area contributed by atoms with Gasteiger partial charge in [-0.2, -0.15) is 8.42 Å². The topological polar surface area (TPSA) is 85.4 Å². The predicted molar refractivity (Wildman–Crippen MR) is 83.6 cm³/mol. The Morgan fingerprint density at radius 2 is 2.17 bits per heavy atom. The summed E-state index contributed by atoms with van der Waals surface area (Å²) in [5, 5.41) is 0. The predicted octanol–water partition coefficient (Wildman–Crippen LogP) is 0.817. The Labute approximate surface area is 134 Å². The summed E-state index contributed by atoms with van der Waals surface area (Å²) in [6.45, 7) is 1.43. The highest BCUT2D eigenvalue weighted by molar-refractivity contribution is 7.85. The zero-order chi connectivity index (χ0) is 16.6. The maximum absolute atomic E-state index is 12.0. The van der Waals surface area contributed by atoms with E-state index in [2.05, 4.69) is 9.08 Å². The van der Waals surface area contributed by atoms with Crippen molar-refractivity contribution in [2.45, 2.75) is 6.10 Å². The zero-order valence-corrected chi connectivity index (χ0v) is 13.7. The second-order valence-electron chi connectivity index (χ2n) is 5.53. The number of anilines is 2. The van der Waals surface area contributed by atoms with Crippen LogP contribution in [-0.4, -0.2) is 60.2 Å². The van der Waals surface area contributed by atoms with Crippen LogP contribution >= 0.6 is 0 Å². The number of nitrogens with zero attached hydrogens (tertiary/aromatic N) is 2.